The number of hydrogen-bond acceptors (Lipinski definition) is 2. The molecule has 0 aliphatic carbocycles. The van der Waals surface area contributed by atoms with E-state index in [-0.39, 0.29) is 12.1 Å². The van der Waals surface area contributed by atoms with Crippen molar-refractivity contribution in [1.82, 2.24) is 4.90 Å². The monoisotopic (exact) mass is 320 g/mol. The van der Waals surface area contributed by atoms with Gasteiger partial charge in [0.1, 0.15) is 0 Å². The van der Waals surface area contributed by atoms with E-state index in [1.54, 1.807) is 6.07 Å². The van der Waals surface area contributed by atoms with Gasteiger partial charge in [-0.05, 0) is 18.2 Å². The number of carbonyl (C=O) groups is 2. The molecule has 21 heavy (non-hydrogen) atoms. The van der Waals surface area contributed by atoms with Gasteiger partial charge in [0, 0.05) is 23.7 Å². The first-order chi connectivity index (χ1) is 9.70. The van der Waals surface area contributed by atoms with E-state index < -0.39 is 36.4 Å². The van der Waals surface area contributed by atoms with Crippen LogP contribution in [-0.4, -0.2) is 36.0 Å². The van der Waals surface area contributed by atoms with E-state index in [9.17, 15) is 22.8 Å². The second-order valence-corrected chi connectivity index (χ2v) is 5.31. The molecule has 1 aliphatic rings. The lowest BCUT2D eigenvalue weighted by Crippen LogP contribution is -2.37. The summed E-state index contributed by atoms with van der Waals surface area (Å²) in [4.78, 5) is 24.4. The van der Waals surface area contributed by atoms with Gasteiger partial charge in [0.15, 0.2) is 0 Å². The van der Waals surface area contributed by atoms with Gasteiger partial charge in [0.05, 0.1) is 11.8 Å². The van der Waals surface area contributed by atoms with Crippen molar-refractivity contribution in [1.29, 1.82) is 0 Å². The minimum Gasteiger partial charge on any atom is -0.369 e. The zero-order valence-electron chi connectivity index (χ0n) is 10.7. The Morgan fingerprint density at radius 1 is 1.29 bits per heavy atom. The summed E-state index contributed by atoms with van der Waals surface area (Å²) in [6, 6.07) is 5.89. The predicted octanol–water partition coefficient (Wildman–Crippen LogP) is 2.08. The zero-order valence-corrected chi connectivity index (χ0v) is 11.5. The average molecular weight is 321 g/mol. The minimum absolute atomic E-state index is 0.175. The fourth-order valence-electron chi connectivity index (χ4n) is 2.39. The van der Waals surface area contributed by atoms with Crippen LogP contribution in [0.2, 0.25) is 5.02 Å². The number of primary amides is 1. The standard InChI is InChI=1S/C13H12ClF3N2O2/c14-8-3-1-2-7(4-8)12(21)19-5-9(11(18)20)10(6-19)13(15,16)17/h1-4,9-10H,5-6H2,(H2,18,20)/t9-,10-/m1/s1. The number of nitrogens with two attached hydrogens (primary N) is 1. The van der Waals surface area contributed by atoms with Gasteiger partial charge in [-0.3, -0.25) is 9.59 Å². The molecular formula is C13H12ClF3N2O2. The lowest BCUT2D eigenvalue weighted by molar-refractivity contribution is -0.182. The van der Waals surface area contributed by atoms with E-state index in [2.05, 4.69) is 0 Å². The third kappa shape index (κ3) is 3.29. The summed E-state index contributed by atoms with van der Waals surface area (Å²) in [5.74, 6) is -5.01. The molecule has 114 valence electrons. The van der Waals surface area contributed by atoms with Crippen LogP contribution in [0.3, 0.4) is 0 Å². The van der Waals surface area contributed by atoms with Crippen LogP contribution in [0.5, 0.6) is 0 Å². The summed E-state index contributed by atoms with van der Waals surface area (Å²) in [6.07, 6.45) is -4.58. The molecule has 1 aromatic rings. The summed E-state index contributed by atoms with van der Waals surface area (Å²) in [5, 5.41) is 0.305. The smallest absolute Gasteiger partial charge is 0.369 e. The SMILES string of the molecule is NC(=O)[C@@H]1CN(C(=O)c2cccc(Cl)c2)C[C@H]1C(F)(F)F. The van der Waals surface area contributed by atoms with Crippen LogP contribution >= 0.6 is 11.6 Å². The van der Waals surface area contributed by atoms with E-state index in [0.29, 0.717) is 5.02 Å². The molecule has 1 heterocycles. The Labute approximate surface area is 123 Å². The first kappa shape index (κ1) is 15.6. The molecule has 0 aromatic heterocycles. The Hall–Kier alpha value is -1.76. The fourth-order valence-corrected chi connectivity index (χ4v) is 2.58. The molecule has 2 rings (SSSR count). The lowest BCUT2D eigenvalue weighted by Gasteiger charge is -2.18. The van der Waals surface area contributed by atoms with Gasteiger partial charge in [-0.2, -0.15) is 13.2 Å². The van der Waals surface area contributed by atoms with Gasteiger partial charge < -0.3 is 10.6 Å². The summed E-state index contributed by atoms with van der Waals surface area (Å²) in [5.41, 5.74) is 5.19. The normalized spacial score (nSPS) is 22.4. The largest absolute Gasteiger partial charge is 0.394 e. The first-order valence-corrected chi connectivity index (χ1v) is 6.49. The van der Waals surface area contributed by atoms with Crippen molar-refractivity contribution in [2.45, 2.75) is 6.18 Å². The van der Waals surface area contributed by atoms with Crippen molar-refractivity contribution in [3.63, 3.8) is 0 Å². The molecule has 2 amide bonds. The average Bonchev–Trinajstić information content (AvgIpc) is 2.83. The predicted molar refractivity (Wildman–Crippen MR) is 69.6 cm³/mol. The van der Waals surface area contributed by atoms with Crippen molar-refractivity contribution in [3.8, 4) is 0 Å². The van der Waals surface area contributed by atoms with Gasteiger partial charge in [0.2, 0.25) is 5.91 Å². The maximum Gasteiger partial charge on any atom is 0.394 e. The Morgan fingerprint density at radius 3 is 2.43 bits per heavy atom. The van der Waals surface area contributed by atoms with Crippen LogP contribution in [0.4, 0.5) is 13.2 Å². The summed E-state index contributed by atoms with van der Waals surface area (Å²) in [7, 11) is 0. The van der Waals surface area contributed by atoms with E-state index >= 15 is 0 Å². The van der Waals surface area contributed by atoms with E-state index in [4.69, 9.17) is 17.3 Å². The van der Waals surface area contributed by atoms with Crippen LogP contribution in [0.1, 0.15) is 10.4 Å². The van der Waals surface area contributed by atoms with Gasteiger partial charge in [-0.25, -0.2) is 0 Å². The maximum absolute atomic E-state index is 12.9. The maximum atomic E-state index is 12.9. The van der Waals surface area contributed by atoms with Crippen LogP contribution < -0.4 is 5.73 Å². The fraction of sp³-hybridized carbons (Fsp3) is 0.385. The quantitative estimate of drug-likeness (QED) is 0.906. The van der Waals surface area contributed by atoms with Crippen LogP contribution in [-0.2, 0) is 4.79 Å². The molecule has 0 bridgehead atoms. The number of carbonyl (C=O) groups excluding carboxylic acids is 2. The van der Waals surface area contributed by atoms with Gasteiger partial charge in [-0.1, -0.05) is 17.7 Å². The van der Waals surface area contributed by atoms with E-state index in [1.165, 1.54) is 18.2 Å². The lowest BCUT2D eigenvalue weighted by atomic mass is 9.95. The first-order valence-electron chi connectivity index (χ1n) is 6.11. The third-order valence-corrected chi connectivity index (χ3v) is 3.70. The molecular weight excluding hydrogens is 309 g/mol. The molecule has 1 saturated heterocycles. The molecule has 0 saturated carbocycles. The number of hydrogen-bond donors (Lipinski definition) is 1. The molecule has 0 spiro atoms. The van der Waals surface area contributed by atoms with Gasteiger partial charge in [-0.15, -0.1) is 0 Å². The van der Waals surface area contributed by atoms with E-state index in [1.807, 2.05) is 0 Å². The van der Waals surface area contributed by atoms with Crippen molar-refractivity contribution in [2.75, 3.05) is 13.1 Å². The number of nitrogens with zero attached hydrogens (tertiary/aromatic N) is 1. The zero-order chi connectivity index (χ0) is 15.8. The second-order valence-electron chi connectivity index (χ2n) is 4.88. The van der Waals surface area contributed by atoms with E-state index in [0.717, 1.165) is 4.90 Å². The molecule has 8 heteroatoms. The molecule has 1 aromatic carbocycles. The Bertz CT molecular complexity index is 577. The number of rotatable bonds is 2. The molecule has 0 unspecified atom stereocenters. The number of amides is 2. The Balaban J connectivity index is 2.23. The number of likely N-dealkylation sites (tertiary alicyclic amines) is 1. The highest BCUT2D eigenvalue weighted by Crippen LogP contribution is 2.37. The molecule has 4 nitrogen and oxygen atoms in total. The van der Waals surface area contributed by atoms with Gasteiger partial charge >= 0.3 is 6.18 Å². The highest BCUT2D eigenvalue weighted by Gasteiger charge is 2.52. The Morgan fingerprint density at radius 2 is 1.95 bits per heavy atom. The molecule has 2 atom stereocenters. The minimum atomic E-state index is -4.58. The van der Waals surface area contributed by atoms with Crippen molar-refractivity contribution >= 4 is 23.4 Å². The number of alkyl halides is 3. The van der Waals surface area contributed by atoms with Gasteiger partial charge in [0.25, 0.3) is 5.91 Å². The van der Waals surface area contributed by atoms with Crippen LogP contribution in [0, 0.1) is 11.8 Å². The van der Waals surface area contributed by atoms with Crippen LogP contribution in [0.25, 0.3) is 0 Å². The number of halogens is 4. The van der Waals surface area contributed by atoms with Crippen molar-refractivity contribution in [3.05, 3.63) is 34.9 Å². The molecule has 0 radical (unpaired) electrons. The Kier molecular flexibility index (Phi) is 4.13. The molecule has 2 N–H and O–H groups in total. The number of benzene rings is 1. The van der Waals surface area contributed by atoms with Crippen molar-refractivity contribution in [2.24, 2.45) is 17.6 Å². The summed E-state index contributed by atoms with van der Waals surface area (Å²) >= 11 is 5.75. The molecule has 1 aliphatic heterocycles. The second kappa shape index (κ2) is 5.55. The third-order valence-electron chi connectivity index (χ3n) is 3.46. The van der Waals surface area contributed by atoms with Crippen LogP contribution in [0.15, 0.2) is 24.3 Å². The molecule has 1 fully saturated rings. The summed E-state index contributed by atoms with van der Waals surface area (Å²) in [6.45, 7) is -0.923. The highest BCUT2D eigenvalue weighted by molar-refractivity contribution is 6.30. The van der Waals surface area contributed by atoms with Crippen molar-refractivity contribution < 1.29 is 22.8 Å². The summed E-state index contributed by atoms with van der Waals surface area (Å²) < 4.78 is 38.7. The topological polar surface area (TPSA) is 63.4 Å². The highest BCUT2D eigenvalue weighted by atomic mass is 35.5.